The first kappa shape index (κ1) is 16.8. The van der Waals surface area contributed by atoms with Gasteiger partial charge in [0.25, 0.3) is 0 Å². The zero-order valence-corrected chi connectivity index (χ0v) is 14.3. The van der Waals surface area contributed by atoms with E-state index < -0.39 is 5.41 Å². The maximum atomic E-state index is 13.5. The van der Waals surface area contributed by atoms with E-state index in [0.29, 0.717) is 17.1 Å². The lowest BCUT2D eigenvalue weighted by atomic mass is 9.83. The predicted octanol–water partition coefficient (Wildman–Crippen LogP) is 3.84. The molecular weight excluding hydrogens is 319 g/mol. The molecule has 3 aromatic rings. The van der Waals surface area contributed by atoms with Gasteiger partial charge in [0.05, 0.1) is 5.41 Å². The zero-order valence-electron chi connectivity index (χ0n) is 14.3. The summed E-state index contributed by atoms with van der Waals surface area (Å²) in [4.78, 5) is 17.0. The first-order valence-corrected chi connectivity index (χ1v) is 7.93. The summed E-state index contributed by atoms with van der Waals surface area (Å²) >= 11 is 0. The van der Waals surface area contributed by atoms with Crippen molar-refractivity contribution in [3.05, 3.63) is 65.7 Å². The van der Waals surface area contributed by atoms with Crippen LogP contribution in [0.1, 0.15) is 25.2 Å². The van der Waals surface area contributed by atoms with Crippen LogP contribution in [0.5, 0.6) is 0 Å². The molecule has 0 bridgehead atoms. The van der Waals surface area contributed by atoms with E-state index in [-0.39, 0.29) is 11.7 Å². The number of benzene rings is 2. The third-order valence-electron chi connectivity index (χ3n) is 4.09. The average Bonchev–Trinajstić information content (AvgIpc) is 3.01. The van der Waals surface area contributed by atoms with E-state index in [2.05, 4.69) is 20.5 Å². The van der Waals surface area contributed by atoms with E-state index in [0.717, 1.165) is 11.4 Å². The number of hydrogen-bond acceptors (Lipinski definition) is 3. The van der Waals surface area contributed by atoms with Crippen LogP contribution < -0.4 is 5.32 Å². The lowest BCUT2D eigenvalue weighted by Crippen LogP contribution is -2.34. The van der Waals surface area contributed by atoms with Crippen LogP contribution in [-0.2, 0) is 10.2 Å². The summed E-state index contributed by atoms with van der Waals surface area (Å²) in [5, 5.41) is 9.81. The number of halogens is 1. The highest BCUT2D eigenvalue weighted by atomic mass is 19.1. The summed E-state index contributed by atoms with van der Waals surface area (Å²) in [5.41, 5.74) is 1.17. The number of aromatic amines is 1. The van der Waals surface area contributed by atoms with Gasteiger partial charge in [-0.1, -0.05) is 24.3 Å². The highest BCUT2D eigenvalue weighted by Gasteiger charge is 2.30. The molecular formula is C19H19FN4O. The minimum Gasteiger partial charge on any atom is -0.325 e. The molecule has 1 heterocycles. The standard InChI is InChI=1S/C19H19FN4O/c1-12-21-17(24-23-12)13-6-4-9-16(10-13)22-18(25)19(2,3)14-7-5-8-15(20)11-14/h4-11H,1-3H3,(H,22,25)(H,21,23,24). The third kappa shape index (κ3) is 3.57. The van der Waals surface area contributed by atoms with Crippen LogP contribution >= 0.6 is 0 Å². The zero-order chi connectivity index (χ0) is 18.0. The monoisotopic (exact) mass is 338 g/mol. The second kappa shape index (κ2) is 6.47. The number of aryl methyl sites for hydroxylation is 1. The molecule has 2 N–H and O–H groups in total. The summed E-state index contributed by atoms with van der Waals surface area (Å²) in [5.74, 6) is 0.705. The molecule has 0 aliphatic heterocycles. The molecule has 3 rings (SSSR count). The highest BCUT2D eigenvalue weighted by molar-refractivity contribution is 5.98. The van der Waals surface area contributed by atoms with Gasteiger partial charge in [-0.25, -0.2) is 9.37 Å². The minimum atomic E-state index is -0.876. The molecule has 25 heavy (non-hydrogen) atoms. The molecule has 0 unspecified atom stereocenters. The molecule has 0 radical (unpaired) electrons. The molecule has 0 aliphatic rings. The van der Waals surface area contributed by atoms with Gasteiger partial charge in [-0.2, -0.15) is 5.10 Å². The van der Waals surface area contributed by atoms with Crippen molar-refractivity contribution < 1.29 is 9.18 Å². The fourth-order valence-corrected chi connectivity index (χ4v) is 2.50. The van der Waals surface area contributed by atoms with Crippen molar-refractivity contribution in [1.29, 1.82) is 0 Å². The largest absolute Gasteiger partial charge is 0.325 e. The molecule has 0 fully saturated rings. The van der Waals surface area contributed by atoms with Crippen molar-refractivity contribution in [3.63, 3.8) is 0 Å². The van der Waals surface area contributed by atoms with E-state index in [4.69, 9.17) is 0 Å². The molecule has 2 aromatic carbocycles. The molecule has 5 nitrogen and oxygen atoms in total. The number of rotatable bonds is 4. The van der Waals surface area contributed by atoms with Gasteiger partial charge in [-0.3, -0.25) is 9.89 Å². The smallest absolute Gasteiger partial charge is 0.234 e. The van der Waals surface area contributed by atoms with E-state index in [1.165, 1.54) is 12.1 Å². The van der Waals surface area contributed by atoms with Gasteiger partial charge in [0.15, 0.2) is 5.82 Å². The van der Waals surface area contributed by atoms with E-state index in [1.54, 1.807) is 32.0 Å². The van der Waals surface area contributed by atoms with Gasteiger partial charge in [0.2, 0.25) is 5.91 Å². The second-order valence-electron chi connectivity index (χ2n) is 6.41. The summed E-state index contributed by atoms with van der Waals surface area (Å²) in [6.07, 6.45) is 0. The minimum absolute atomic E-state index is 0.221. The van der Waals surface area contributed by atoms with Crippen molar-refractivity contribution in [2.75, 3.05) is 5.32 Å². The Kier molecular flexibility index (Phi) is 4.35. The van der Waals surface area contributed by atoms with Gasteiger partial charge in [0, 0.05) is 11.3 Å². The molecule has 128 valence electrons. The normalized spacial score (nSPS) is 11.4. The molecule has 0 saturated heterocycles. The van der Waals surface area contributed by atoms with Crippen molar-refractivity contribution in [2.45, 2.75) is 26.2 Å². The Morgan fingerprint density at radius 1 is 1.16 bits per heavy atom. The lowest BCUT2D eigenvalue weighted by molar-refractivity contribution is -0.120. The number of amides is 1. The number of aromatic nitrogens is 3. The Hall–Kier alpha value is -3.02. The van der Waals surface area contributed by atoms with Crippen LogP contribution in [0.3, 0.4) is 0 Å². The van der Waals surface area contributed by atoms with Gasteiger partial charge in [0.1, 0.15) is 11.6 Å². The Morgan fingerprint density at radius 3 is 2.60 bits per heavy atom. The van der Waals surface area contributed by atoms with Crippen LogP contribution in [0.2, 0.25) is 0 Å². The van der Waals surface area contributed by atoms with Gasteiger partial charge >= 0.3 is 0 Å². The number of nitrogens with one attached hydrogen (secondary N) is 2. The van der Waals surface area contributed by atoms with Gasteiger partial charge < -0.3 is 5.32 Å². The Balaban J connectivity index is 1.83. The molecule has 0 atom stereocenters. The van der Waals surface area contributed by atoms with Crippen molar-refractivity contribution >= 4 is 11.6 Å². The van der Waals surface area contributed by atoms with Gasteiger partial charge in [-0.15, -0.1) is 0 Å². The van der Waals surface area contributed by atoms with E-state index >= 15 is 0 Å². The summed E-state index contributed by atoms with van der Waals surface area (Å²) in [7, 11) is 0. The summed E-state index contributed by atoms with van der Waals surface area (Å²) < 4.78 is 13.5. The quantitative estimate of drug-likeness (QED) is 0.759. The number of nitrogens with zero attached hydrogens (tertiary/aromatic N) is 2. The summed E-state index contributed by atoms with van der Waals surface area (Å²) in [6.45, 7) is 5.35. The highest BCUT2D eigenvalue weighted by Crippen LogP contribution is 2.27. The topological polar surface area (TPSA) is 70.7 Å². The van der Waals surface area contributed by atoms with Crippen LogP contribution in [0, 0.1) is 12.7 Å². The second-order valence-corrected chi connectivity index (χ2v) is 6.41. The molecule has 1 amide bonds. The Bertz CT molecular complexity index is 917. The van der Waals surface area contributed by atoms with Crippen LogP contribution in [-0.4, -0.2) is 21.1 Å². The van der Waals surface area contributed by atoms with Crippen molar-refractivity contribution in [2.24, 2.45) is 0 Å². The average molecular weight is 338 g/mol. The number of anilines is 1. The van der Waals surface area contributed by atoms with Crippen molar-refractivity contribution in [1.82, 2.24) is 15.2 Å². The Labute approximate surface area is 145 Å². The SMILES string of the molecule is Cc1nc(-c2cccc(NC(=O)C(C)(C)c3cccc(F)c3)c2)n[nH]1. The fourth-order valence-electron chi connectivity index (χ4n) is 2.50. The first-order chi connectivity index (χ1) is 11.9. The number of hydrogen-bond donors (Lipinski definition) is 2. The first-order valence-electron chi connectivity index (χ1n) is 7.93. The molecule has 1 aromatic heterocycles. The van der Waals surface area contributed by atoms with Crippen molar-refractivity contribution in [3.8, 4) is 11.4 Å². The van der Waals surface area contributed by atoms with Crippen LogP contribution in [0.4, 0.5) is 10.1 Å². The maximum absolute atomic E-state index is 13.5. The molecule has 0 spiro atoms. The number of H-pyrrole nitrogens is 1. The molecule has 6 heteroatoms. The van der Waals surface area contributed by atoms with Crippen LogP contribution in [0.15, 0.2) is 48.5 Å². The fraction of sp³-hybridized carbons (Fsp3) is 0.211. The van der Waals surface area contributed by atoms with E-state index in [9.17, 15) is 9.18 Å². The number of carbonyl (C=O) groups excluding carboxylic acids is 1. The Morgan fingerprint density at radius 2 is 1.92 bits per heavy atom. The molecule has 0 aliphatic carbocycles. The van der Waals surface area contributed by atoms with E-state index in [1.807, 2.05) is 25.1 Å². The summed E-state index contributed by atoms with van der Waals surface area (Å²) in [6, 6.07) is 13.4. The predicted molar refractivity (Wildman–Crippen MR) is 94.6 cm³/mol. The van der Waals surface area contributed by atoms with Crippen LogP contribution in [0.25, 0.3) is 11.4 Å². The number of carbonyl (C=O) groups is 1. The molecule has 0 saturated carbocycles. The lowest BCUT2D eigenvalue weighted by Gasteiger charge is -2.24. The maximum Gasteiger partial charge on any atom is 0.234 e. The van der Waals surface area contributed by atoms with Gasteiger partial charge in [-0.05, 0) is 50.6 Å². The third-order valence-corrected chi connectivity index (χ3v) is 4.09.